The van der Waals surface area contributed by atoms with Crippen molar-refractivity contribution in [3.05, 3.63) is 140 Å². The van der Waals surface area contributed by atoms with Crippen molar-refractivity contribution in [3.8, 4) is 56.3 Å². The first-order valence-corrected chi connectivity index (χ1v) is 14.1. The van der Waals surface area contributed by atoms with Crippen molar-refractivity contribution in [1.29, 1.82) is 0 Å². The van der Waals surface area contributed by atoms with Gasteiger partial charge in [-0.2, -0.15) is 0 Å². The molecule has 9 rings (SSSR count). The molecule has 0 radical (unpaired) electrons. The Bertz CT molecular complexity index is 2090. The number of nitrogens with zero attached hydrogens (tertiary/aromatic N) is 3. The smallest absolute Gasteiger partial charge is 0.151 e. The minimum atomic E-state index is 0.857. The number of aromatic nitrogens is 2. The Labute approximate surface area is 243 Å². The van der Waals surface area contributed by atoms with Crippen LogP contribution in [0.25, 0.3) is 55.5 Å². The van der Waals surface area contributed by atoms with Gasteiger partial charge in [-0.1, -0.05) is 91.0 Å². The van der Waals surface area contributed by atoms with Crippen molar-refractivity contribution >= 4 is 27.8 Å². The van der Waals surface area contributed by atoms with E-state index in [4.69, 9.17) is 4.74 Å². The van der Waals surface area contributed by atoms with E-state index in [0.717, 1.165) is 51.1 Å². The molecule has 0 N–H and O–H groups in total. The fourth-order valence-corrected chi connectivity index (χ4v) is 6.41. The van der Waals surface area contributed by atoms with Gasteiger partial charge in [0.2, 0.25) is 0 Å². The molecule has 0 saturated carbocycles. The van der Waals surface area contributed by atoms with Crippen LogP contribution < -0.4 is 9.64 Å². The van der Waals surface area contributed by atoms with Crippen LogP contribution >= 0.6 is 0 Å². The third kappa shape index (κ3) is 3.36. The summed E-state index contributed by atoms with van der Waals surface area (Å²) in [4.78, 5) is 11.5. The van der Waals surface area contributed by atoms with E-state index in [-0.39, 0.29) is 0 Å². The second kappa shape index (κ2) is 8.88. The maximum Gasteiger partial charge on any atom is 0.151 e. The van der Waals surface area contributed by atoms with E-state index in [0.29, 0.717) is 0 Å². The number of benzene rings is 6. The zero-order chi connectivity index (χ0) is 27.6. The van der Waals surface area contributed by atoms with Crippen LogP contribution in [0.2, 0.25) is 0 Å². The van der Waals surface area contributed by atoms with Gasteiger partial charge < -0.3 is 9.64 Å². The van der Waals surface area contributed by atoms with Crippen LogP contribution in [0, 0.1) is 0 Å². The Balaban J connectivity index is 1.06. The molecule has 1 aromatic heterocycles. The Hall–Kier alpha value is -5.74. The normalized spacial score (nSPS) is 12.4. The van der Waals surface area contributed by atoms with Crippen LogP contribution in [-0.2, 0) is 0 Å². The van der Waals surface area contributed by atoms with Gasteiger partial charge in [-0.05, 0) is 64.0 Å². The quantitative estimate of drug-likeness (QED) is 0.225. The Morgan fingerprint density at radius 2 is 1.00 bits per heavy atom. The summed E-state index contributed by atoms with van der Waals surface area (Å²) in [5.74, 6) is 1.71. The topological polar surface area (TPSA) is 38.2 Å². The lowest BCUT2D eigenvalue weighted by Crippen LogP contribution is -2.15. The van der Waals surface area contributed by atoms with Gasteiger partial charge in [-0.3, -0.25) is 9.97 Å². The molecule has 1 aliphatic carbocycles. The lowest BCUT2D eigenvalue weighted by atomic mass is 9.93. The SMILES string of the molecule is c1ccc2c(c1)Oc1ccccc1N2c1ccc(-c2ccc(-c3ccc4c5c(cccc35)-c3nccnc3-4)cc2)cc1. The maximum atomic E-state index is 6.18. The van der Waals surface area contributed by atoms with E-state index in [1.807, 2.05) is 36.4 Å². The van der Waals surface area contributed by atoms with Crippen LogP contribution in [0.1, 0.15) is 0 Å². The molecule has 42 heavy (non-hydrogen) atoms. The Kier molecular flexibility index (Phi) is 4.87. The molecule has 2 aliphatic rings. The summed E-state index contributed by atoms with van der Waals surface area (Å²) in [7, 11) is 0. The van der Waals surface area contributed by atoms with Gasteiger partial charge in [0.25, 0.3) is 0 Å². The predicted octanol–water partition coefficient (Wildman–Crippen LogP) is 10.2. The van der Waals surface area contributed by atoms with E-state index in [2.05, 4.69) is 106 Å². The zero-order valence-electron chi connectivity index (χ0n) is 22.5. The summed E-state index contributed by atoms with van der Waals surface area (Å²) in [6.07, 6.45) is 3.54. The third-order valence-electron chi connectivity index (χ3n) is 8.34. The summed E-state index contributed by atoms with van der Waals surface area (Å²) in [5, 5.41) is 2.47. The Morgan fingerprint density at radius 3 is 1.67 bits per heavy atom. The number of ether oxygens (including phenoxy) is 1. The van der Waals surface area contributed by atoms with Gasteiger partial charge in [0.15, 0.2) is 11.5 Å². The highest BCUT2D eigenvalue weighted by Crippen LogP contribution is 2.50. The summed E-state index contributed by atoms with van der Waals surface area (Å²) in [6.45, 7) is 0. The summed E-state index contributed by atoms with van der Waals surface area (Å²) in [5.41, 5.74) is 12.2. The molecule has 0 bridgehead atoms. The highest BCUT2D eigenvalue weighted by atomic mass is 16.5. The summed E-state index contributed by atoms with van der Waals surface area (Å²) in [6, 6.07) is 44.9. The molecular formula is C38H23N3O. The second-order valence-electron chi connectivity index (χ2n) is 10.6. The highest BCUT2D eigenvalue weighted by Gasteiger charge is 2.26. The van der Waals surface area contributed by atoms with E-state index in [9.17, 15) is 0 Å². The molecule has 0 spiro atoms. The van der Waals surface area contributed by atoms with E-state index < -0.39 is 0 Å². The second-order valence-corrected chi connectivity index (χ2v) is 10.6. The molecule has 2 heterocycles. The van der Waals surface area contributed by atoms with Crippen molar-refractivity contribution in [2.75, 3.05) is 4.90 Å². The Morgan fingerprint density at radius 1 is 0.452 bits per heavy atom. The summed E-state index contributed by atoms with van der Waals surface area (Å²) < 4.78 is 6.18. The molecule has 0 saturated heterocycles. The molecule has 0 atom stereocenters. The summed E-state index contributed by atoms with van der Waals surface area (Å²) >= 11 is 0. The van der Waals surface area contributed by atoms with Crippen molar-refractivity contribution in [1.82, 2.24) is 9.97 Å². The lowest BCUT2D eigenvalue weighted by Gasteiger charge is -2.32. The van der Waals surface area contributed by atoms with Gasteiger partial charge in [0.05, 0.1) is 22.8 Å². The first-order valence-electron chi connectivity index (χ1n) is 14.1. The predicted molar refractivity (Wildman–Crippen MR) is 170 cm³/mol. The van der Waals surface area contributed by atoms with Crippen molar-refractivity contribution in [2.24, 2.45) is 0 Å². The average molecular weight is 538 g/mol. The fraction of sp³-hybridized carbons (Fsp3) is 0. The molecule has 0 amide bonds. The van der Waals surface area contributed by atoms with Crippen molar-refractivity contribution in [2.45, 2.75) is 0 Å². The fourth-order valence-electron chi connectivity index (χ4n) is 6.41. The maximum absolute atomic E-state index is 6.18. The van der Waals surface area contributed by atoms with E-state index >= 15 is 0 Å². The number of hydrogen-bond donors (Lipinski definition) is 0. The molecular weight excluding hydrogens is 514 g/mol. The van der Waals surface area contributed by atoms with Gasteiger partial charge >= 0.3 is 0 Å². The monoisotopic (exact) mass is 537 g/mol. The average Bonchev–Trinajstić information content (AvgIpc) is 3.39. The number of fused-ring (bicyclic) bond motifs is 5. The first-order chi connectivity index (χ1) is 20.8. The minimum absolute atomic E-state index is 0.857. The van der Waals surface area contributed by atoms with E-state index in [1.165, 1.54) is 33.0 Å². The molecule has 4 heteroatoms. The number of para-hydroxylation sites is 4. The first kappa shape index (κ1) is 23.0. The standard InChI is InChI=1S/C38H23N3O/c1-3-10-34-32(8-1)41(33-9-2-4-11-35(33)42-34)27-18-16-25(17-19-27)24-12-14-26(15-13-24)28-20-21-31-36-29(28)6-5-7-30(36)37-38(31)40-23-22-39-37/h1-23H. The lowest BCUT2D eigenvalue weighted by molar-refractivity contribution is 0.477. The highest BCUT2D eigenvalue weighted by molar-refractivity contribution is 6.17. The van der Waals surface area contributed by atoms with Crippen LogP contribution in [0.3, 0.4) is 0 Å². The molecule has 4 nitrogen and oxygen atoms in total. The molecule has 196 valence electrons. The molecule has 7 aromatic rings. The molecule has 0 unspecified atom stereocenters. The van der Waals surface area contributed by atoms with Crippen molar-refractivity contribution < 1.29 is 4.74 Å². The zero-order valence-corrected chi connectivity index (χ0v) is 22.5. The van der Waals surface area contributed by atoms with Crippen LogP contribution in [-0.4, -0.2) is 9.97 Å². The molecule has 1 aliphatic heterocycles. The van der Waals surface area contributed by atoms with Crippen molar-refractivity contribution in [3.63, 3.8) is 0 Å². The third-order valence-corrected chi connectivity index (χ3v) is 8.34. The van der Waals surface area contributed by atoms with Crippen LogP contribution in [0.4, 0.5) is 17.1 Å². The van der Waals surface area contributed by atoms with Gasteiger partial charge in [-0.25, -0.2) is 0 Å². The van der Waals surface area contributed by atoms with Gasteiger partial charge in [0, 0.05) is 34.6 Å². The van der Waals surface area contributed by atoms with Gasteiger partial charge in [-0.15, -0.1) is 0 Å². The number of anilines is 3. The molecule has 6 aromatic carbocycles. The van der Waals surface area contributed by atoms with Crippen LogP contribution in [0.15, 0.2) is 140 Å². The minimum Gasteiger partial charge on any atom is -0.453 e. The number of hydrogen-bond acceptors (Lipinski definition) is 4. The molecule has 0 fully saturated rings. The number of rotatable bonds is 3. The largest absolute Gasteiger partial charge is 0.453 e. The van der Waals surface area contributed by atoms with Crippen LogP contribution in [0.5, 0.6) is 11.5 Å². The van der Waals surface area contributed by atoms with Gasteiger partial charge in [0.1, 0.15) is 0 Å². The van der Waals surface area contributed by atoms with E-state index in [1.54, 1.807) is 12.4 Å².